The molecule has 25 heavy (non-hydrogen) atoms. The summed E-state index contributed by atoms with van der Waals surface area (Å²) in [5.41, 5.74) is 2.09. The molecule has 2 aromatic rings. The van der Waals surface area contributed by atoms with Gasteiger partial charge in [0.05, 0.1) is 17.4 Å². The van der Waals surface area contributed by atoms with Crippen LogP contribution >= 0.6 is 0 Å². The Bertz CT molecular complexity index is 749. The first kappa shape index (κ1) is 17.0. The number of hydrogen-bond donors (Lipinski definition) is 2. The van der Waals surface area contributed by atoms with Gasteiger partial charge in [-0.25, -0.2) is 0 Å². The molecule has 0 fully saturated rings. The highest BCUT2D eigenvalue weighted by molar-refractivity contribution is 5.94. The highest BCUT2D eigenvalue weighted by atomic mass is 16.6. The van der Waals surface area contributed by atoms with Crippen LogP contribution in [-0.4, -0.2) is 56.2 Å². The van der Waals surface area contributed by atoms with Crippen molar-refractivity contribution in [3.63, 3.8) is 0 Å². The quantitative estimate of drug-likeness (QED) is 0.835. The van der Waals surface area contributed by atoms with Crippen molar-refractivity contribution in [3.05, 3.63) is 42.2 Å². The lowest BCUT2D eigenvalue weighted by molar-refractivity contribution is 0.0950. The van der Waals surface area contributed by atoms with Crippen LogP contribution in [0.4, 0.5) is 11.4 Å². The van der Waals surface area contributed by atoms with Crippen molar-refractivity contribution in [3.8, 4) is 11.5 Å². The number of carbonyl (C=O) groups is 1. The SMILES string of the molecule is CN(C)CCNC(=O)c1cncc(Nc2ccc3c(c2)OCCO3)c1. The van der Waals surface area contributed by atoms with Gasteiger partial charge in [0, 0.05) is 31.0 Å². The molecule has 1 aliphatic heterocycles. The zero-order chi connectivity index (χ0) is 17.6. The topological polar surface area (TPSA) is 75.7 Å². The van der Waals surface area contributed by atoms with Crippen LogP contribution in [0.2, 0.25) is 0 Å². The van der Waals surface area contributed by atoms with E-state index in [2.05, 4.69) is 15.6 Å². The van der Waals surface area contributed by atoms with Crippen molar-refractivity contribution >= 4 is 17.3 Å². The van der Waals surface area contributed by atoms with Crippen molar-refractivity contribution in [2.24, 2.45) is 0 Å². The summed E-state index contributed by atoms with van der Waals surface area (Å²) in [6.45, 7) is 2.48. The third-order valence-corrected chi connectivity index (χ3v) is 3.68. The molecule has 132 valence electrons. The first-order chi connectivity index (χ1) is 12.1. The zero-order valence-electron chi connectivity index (χ0n) is 14.4. The summed E-state index contributed by atoms with van der Waals surface area (Å²) in [6, 6.07) is 7.41. The first-order valence-corrected chi connectivity index (χ1v) is 8.16. The average molecular weight is 342 g/mol. The number of aromatic nitrogens is 1. The molecule has 1 aromatic heterocycles. The lowest BCUT2D eigenvalue weighted by Gasteiger charge is -2.19. The fraction of sp³-hybridized carbons (Fsp3) is 0.333. The van der Waals surface area contributed by atoms with Gasteiger partial charge in [-0.05, 0) is 32.3 Å². The largest absolute Gasteiger partial charge is 0.486 e. The number of nitrogens with one attached hydrogen (secondary N) is 2. The second-order valence-electron chi connectivity index (χ2n) is 6.00. The smallest absolute Gasteiger partial charge is 0.252 e. The van der Waals surface area contributed by atoms with Gasteiger partial charge in [0.2, 0.25) is 0 Å². The molecule has 7 heteroatoms. The Balaban J connectivity index is 1.66. The lowest BCUT2D eigenvalue weighted by atomic mass is 10.2. The summed E-state index contributed by atoms with van der Waals surface area (Å²) in [6.07, 6.45) is 3.23. The Morgan fingerprint density at radius 1 is 1.12 bits per heavy atom. The number of benzene rings is 1. The number of likely N-dealkylation sites (N-methyl/N-ethyl adjacent to an activating group) is 1. The molecule has 0 atom stereocenters. The van der Waals surface area contributed by atoms with Gasteiger partial charge < -0.3 is 25.0 Å². The second-order valence-corrected chi connectivity index (χ2v) is 6.00. The molecule has 7 nitrogen and oxygen atoms in total. The van der Waals surface area contributed by atoms with E-state index in [9.17, 15) is 4.79 Å². The molecule has 0 aliphatic carbocycles. The number of pyridine rings is 1. The van der Waals surface area contributed by atoms with E-state index in [0.717, 1.165) is 23.7 Å². The zero-order valence-corrected chi connectivity index (χ0v) is 14.4. The molecule has 0 spiro atoms. The maximum atomic E-state index is 12.2. The molecule has 3 rings (SSSR count). The van der Waals surface area contributed by atoms with Crippen LogP contribution in [0.15, 0.2) is 36.7 Å². The Kier molecular flexibility index (Phi) is 5.35. The number of ether oxygens (including phenoxy) is 2. The van der Waals surface area contributed by atoms with Crippen LogP contribution in [0.1, 0.15) is 10.4 Å². The van der Waals surface area contributed by atoms with Gasteiger partial charge in [0.15, 0.2) is 11.5 Å². The monoisotopic (exact) mass is 342 g/mol. The minimum Gasteiger partial charge on any atom is -0.486 e. The third kappa shape index (κ3) is 4.60. The molecule has 1 amide bonds. The molecule has 0 radical (unpaired) electrons. The number of hydrogen-bond acceptors (Lipinski definition) is 6. The van der Waals surface area contributed by atoms with Crippen molar-refractivity contribution in [1.29, 1.82) is 0 Å². The summed E-state index contributed by atoms with van der Waals surface area (Å²) in [4.78, 5) is 18.3. The normalized spacial score (nSPS) is 12.8. The van der Waals surface area contributed by atoms with E-state index in [4.69, 9.17) is 9.47 Å². The fourth-order valence-electron chi connectivity index (χ4n) is 2.42. The fourth-order valence-corrected chi connectivity index (χ4v) is 2.42. The summed E-state index contributed by atoms with van der Waals surface area (Å²) in [5, 5.41) is 6.11. The van der Waals surface area contributed by atoms with Crippen LogP contribution in [0.5, 0.6) is 11.5 Å². The van der Waals surface area contributed by atoms with Gasteiger partial charge in [-0.2, -0.15) is 0 Å². The average Bonchev–Trinajstić information content (AvgIpc) is 2.61. The van der Waals surface area contributed by atoms with Crippen molar-refractivity contribution < 1.29 is 14.3 Å². The van der Waals surface area contributed by atoms with E-state index in [0.29, 0.717) is 31.1 Å². The summed E-state index contributed by atoms with van der Waals surface area (Å²) in [5.74, 6) is 1.31. The van der Waals surface area contributed by atoms with Gasteiger partial charge in [-0.3, -0.25) is 9.78 Å². The van der Waals surface area contributed by atoms with E-state index in [-0.39, 0.29) is 5.91 Å². The maximum absolute atomic E-state index is 12.2. The summed E-state index contributed by atoms with van der Waals surface area (Å²) >= 11 is 0. The number of carbonyl (C=O) groups excluding carboxylic acids is 1. The molecule has 0 bridgehead atoms. The molecule has 1 aliphatic rings. The molecular formula is C18H22N4O3. The van der Waals surface area contributed by atoms with E-state index in [1.807, 2.05) is 37.2 Å². The van der Waals surface area contributed by atoms with Crippen LogP contribution in [0, 0.1) is 0 Å². The number of fused-ring (bicyclic) bond motifs is 1. The minimum atomic E-state index is -0.139. The third-order valence-electron chi connectivity index (χ3n) is 3.68. The van der Waals surface area contributed by atoms with Crippen molar-refractivity contribution in [2.75, 3.05) is 45.7 Å². The van der Waals surface area contributed by atoms with Gasteiger partial charge in [-0.1, -0.05) is 0 Å². The number of nitrogens with zero attached hydrogens (tertiary/aromatic N) is 2. The summed E-state index contributed by atoms with van der Waals surface area (Å²) in [7, 11) is 3.93. The van der Waals surface area contributed by atoms with E-state index in [1.165, 1.54) is 0 Å². The highest BCUT2D eigenvalue weighted by Crippen LogP contribution is 2.33. The second kappa shape index (κ2) is 7.85. The van der Waals surface area contributed by atoms with Crippen LogP contribution in [0.3, 0.4) is 0 Å². The van der Waals surface area contributed by atoms with Gasteiger partial charge in [0.25, 0.3) is 5.91 Å². The highest BCUT2D eigenvalue weighted by Gasteiger charge is 2.12. The maximum Gasteiger partial charge on any atom is 0.252 e. The van der Waals surface area contributed by atoms with Gasteiger partial charge in [-0.15, -0.1) is 0 Å². The van der Waals surface area contributed by atoms with Crippen molar-refractivity contribution in [2.45, 2.75) is 0 Å². The molecule has 1 aromatic carbocycles. The van der Waals surface area contributed by atoms with Crippen LogP contribution in [0.25, 0.3) is 0 Å². The number of anilines is 2. The molecule has 2 N–H and O–H groups in total. The predicted octanol–water partition coefficient (Wildman–Crippen LogP) is 1.89. The number of amides is 1. The number of rotatable bonds is 6. The Labute approximate surface area is 147 Å². The van der Waals surface area contributed by atoms with E-state index in [1.54, 1.807) is 18.5 Å². The molecule has 0 saturated heterocycles. The van der Waals surface area contributed by atoms with E-state index < -0.39 is 0 Å². The Hall–Kier alpha value is -2.80. The summed E-state index contributed by atoms with van der Waals surface area (Å²) < 4.78 is 11.1. The Morgan fingerprint density at radius 2 is 1.92 bits per heavy atom. The molecular weight excluding hydrogens is 320 g/mol. The minimum absolute atomic E-state index is 0.139. The molecule has 0 saturated carbocycles. The predicted molar refractivity (Wildman–Crippen MR) is 95.8 cm³/mol. The molecule has 0 unspecified atom stereocenters. The molecule has 2 heterocycles. The standard InChI is InChI=1S/C18H22N4O3/c1-22(2)6-5-20-18(23)13-9-15(12-19-11-13)21-14-3-4-16-17(10-14)25-8-7-24-16/h3-4,9-12,21H,5-8H2,1-2H3,(H,20,23). The van der Waals surface area contributed by atoms with Crippen LogP contribution in [-0.2, 0) is 0 Å². The van der Waals surface area contributed by atoms with E-state index >= 15 is 0 Å². The Morgan fingerprint density at radius 3 is 2.72 bits per heavy atom. The van der Waals surface area contributed by atoms with Gasteiger partial charge >= 0.3 is 0 Å². The first-order valence-electron chi connectivity index (χ1n) is 8.16. The van der Waals surface area contributed by atoms with Crippen LogP contribution < -0.4 is 20.1 Å². The van der Waals surface area contributed by atoms with Crippen molar-refractivity contribution in [1.82, 2.24) is 15.2 Å². The van der Waals surface area contributed by atoms with Gasteiger partial charge in [0.1, 0.15) is 13.2 Å². The lowest BCUT2D eigenvalue weighted by Crippen LogP contribution is -2.31.